The predicted molar refractivity (Wildman–Crippen MR) is 53.3 cm³/mol. The summed E-state index contributed by atoms with van der Waals surface area (Å²) in [5, 5.41) is 7.92. The van der Waals surface area contributed by atoms with Gasteiger partial charge in [-0.2, -0.15) is 0 Å². The molecule has 1 aromatic rings. The highest BCUT2D eigenvalue weighted by molar-refractivity contribution is 7.93. The van der Waals surface area contributed by atoms with Crippen LogP contribution < -0.4 is 4.72 Å². The van der Waals surface area contributed by atoms with E-state index in [1.807, 2.05) is 0 Å². The Kier molecular flexibility index (Phi) is 3.04. The van der Waals surface area contributed by atoms with Crippen LogP contribution in [0.4, 0.5) is 5.88 Å². The molecule has 0 aliphatic heterocycles. The molecule has 0 amide bonds. The van der Waals surface area contributed by atoms with E-state index in [-0.39, 0.29) is 11.6 Å². The molecule has 0 saturated carbocycles. The monoisotopic (exact) mass is 233 g/mol. The van der Waals surface area contributed by atoms with E-state index < -0.39 is 21.2 Å². The van der Waals surface area contributed by atoms with Crippen LogP contribution in [0.1, 0.15) is 24.4 Å². The molecule has 0 aliphatic carbocycles. The van der Waals surface area contributed by atoms with Crippen LogP contribution in [0.3, 0.4) is 0 Å². The lowest BCUT2D eigenvalue weighted by atomic mass is 10.5. The summed E-state index contributed by atoms with van der Waals surface area (Å²) in [7, 11) is -3.50. The molecule has 0 saturated heterocycles. The number of carbonyl (C=O) groups is 1. The zero-order chi connectivity index (χ0) is 11.6. The van der Waals surface area contributed by atoms with Gasteiger partial charge in [0.2, 0.25) is 21.7 Å². The van der Waals surface area contributed by atoms with Gasteiger partial charge in [0.1, 0.15) is 0 Å². The van der Waals surface area contributed by atoms with Gasteiger partial charge >= 0.3 is 5.97 Å². The maximum Gasteiger partial charge on any atom is 0.371 e. The second-order valence-corrected chi connectivity index (χ2v) is 5.40. The quantitative estimate of drug-likeness (QED) is 0.812. The zero-order valence-electron chi connectivity index (χ0n) is 8.22. The molecule has 6 nitrogen and oxygen atoms in total. The number of carboxylic acid groups (broad SMARTS) is 1. The number of anilines is 1. The first kappa shape index (κ1) is 11.6. The molecule has 0 aliphatic rings. The van der Waals surface area contributed by atoms with Gasteiger partial charge in [-0.15, -0.1) is 0 Å². The lowest BCUT2D eigenvalue weighted by molar-refractivity contribution is 0.0663. The first-order valence-electron chi connectivity index (χ1n) is 4.17. The Hall–Kier alpha value is -1.50. The highest BCUT2D eigenvalue weighted by Gasteiger charge is 2.18. The van der Waals surface area contributed by atoms with Crippen molar-refractivity contribution in [3.8, 4) is 0 Å². The number of hydrogen-bond donors (Lipinski definition) is 2. The van der Waals surface area contributed by atoms with Crippen molar-refractivity contribution in [1.29, 1.82) is 0 Å². The Morgan fingerprint density at radius 2 is 2.07 bits per heavy atom. The molecule has 0 bridgehead atoms. The first-order chi connectivity index (χ1) is 6.83. The fraction of sp³-hybridized carbons (Fsp3) is 0.375. The molecule has 1 rings (SSSR count). The van der Waals surface area contributed by atoms with Crippen LogP contribution in [0.15, 0.2) is 16.5 Å². The van der Waals surface area contributed by atoms with E-state index in [1.54, 1.807) is 0 Å². The second-order valence-electron chi connectivity index (χ2n) is 3.16. The van der Waals surface area contributed by atoms with Crippen molar-refractivity contribution in [3.63, 3.8) is 0 Å². The second kappa shape index (κ2) is 3.93. The van der Waals surface area contributed by atoms with Crippen molar-refractivity contribution >= 4 is 21.9 Å². The fourth-order valence-electron chi connectivity index (χ4n) is 0.766. The third kappa shape index (κ3) is 2.72. The molecular weight excluding hydrogens is 222 g/mol. The maximum atomic E-state index is 11.4. The minimum absolute atomic E-state index is 0.0962. The molecule has 7 heteroatoms. The highest BCUT2D eigenvalue weighted by Crippen LogP contribution is 2.16. The van der Waals surface area contributed by atoms with Crippen molar-refractivity contribution in [1.82, 2.24) is 0 Å². The van der Waals surface area contributed by atoms with E-state index in [2.05, 4.69) is 4.72 Å². The largest absolute Gasteiger partial charge is 0.475 e. The van der Waals surface area contributed by atoms with E-state index in [1.165, 1.54) is 26.0 Å². The minimum Gasteiger partial charge on any atom is -0.475 e. The Balaban J connectivity index is 2.87. The van der Waals surface area contributed by atoms with E-state index in [9.17, 15) is 13.2 Å². The normalized spacial score (nSPS) is 11.7. The van der Waals surface area contributed by atoms with Crippen molar-refractivity contribution in [2.75, 3.05) is 4.72 Å². The third-order valence-electron chi connectivity index (χ3n) is 1.68. The zero-order valence-corrected chi connectivity index (χ0v) is 9.04. The molecule has 15 heavy (non-hydrogen) atoms. The van der Waals surface area contributed by atoms with Gasteiger partial charge in [0.05, 0.1) is 5.25 Å². The van der Waals surface area contributed by atoms with Gasteiger partial charge in [-0.1, -0.05) is 0 Å². The summed E-state index contributed by atoms with van der Waals surface area (Å²) < 4.78 is 29.6. The fourth-order valence-corrected chi connectivity index (χ4v) is 1.39. The van der Waals surface area contributed by atoms with Gasteiger partial charge in [0.25, 0.3) is 0 Å². The number of hydrogen-bond acceptors (Lipinski definition) is 4. The molecule has 0 unspecified atom stereocenters. The van der Waals surface area contributed by atoms with Crippen LogP contribution in [0, 0.1) is 0 Å². The number of carboxylic acids is 1. The summed E-state index contributed by atoms with van der Waals surface area (Å²) in [6, 6.07) is 2.43. The van der Waals surface area contributed by atoms with E-state index >= 15 is 0 Å². The molecule has 84 valence electrons. The average Bonchev–Trinajstić information content (AvgIpc) is 2.51. The standard InChI is InChI=1S/C8H11NO5S/c1-5(2)15(12,13)9-7-4-3-6(14-7)8(10)11/h3-5,9H,1-2H3,(H,10,11). The number of nitrogens with one attached hydrogen (secondary N) is 1. The summed E-state index contributed by atoms with van der Waals surface area (Å²) >= 11 is 0. The number of aromatic carboxylic acids is 1. The van der Waals surface area contributed by atoms with Gasteiger partial charge in [-0.25, -0.2) is 13.2 Å². The lowest BCUT2D eigenvalue weighted by Gasteiger charge is -2.07. The van der Waals surface area contributed by atoms with Gasteiger partial charge in [-0.3, -0.25) is 4.72 Å². The Labute approximate surface area is 87.0 Å². The van der Waals surface area contributed by atoms with Crippen molar-refractivity contribution in [3.05, 3.63) is 17.9 Å². The summed E-state index contributed by atoms with van der Waals surface area (Å²) in [4.78, 5) is 10.4. The lowest BCUT2D eigenvalue weighted by Crippen LogP contribution is -2.22. The van der Waals surface area contributed by atoms with E-state index in [4.69, 9.17) is 9.52 Å². The van der Waals surface area contributed by atoms with Crippen LogP contribution >= 0.6 is 0 Å². The van der Waals surface area contributed by atoms with Crippen LogP contribution in [0.25, 0.3) is 0 Å². The number of sulfonamides is 1. The van der Waals surface area contributed by atoms with Gasteiger partial charge in [0, 0.05) is 6.07 Å². The van der Waals surface area contributed by atoms with Crippen molar-refractivity contribution < 1.29 is 22.7 Å². The van der Waals surface area contributed by atoms with Crippen molar-refractivity contribution in [2.24, 2.45) is 0 Å². The maximum absolute atomic E-state index is 11.4. The predicted octanol–water partition coefficient (Wildman–Crippen LogP) is 1.13. The van der Waals surface area contributed by atoms with Gasteiger partial charge in [-0.05, 0) is 19.9 Å². The van der Waals surface area contributed by atoms with E-state index in [0.29, 0.717) is 0 Å². The smallest absolute Gasteiger partial charge is 0.371 e. The highest BCUT2D eigenvalue weighted by atomic mass is 32.2. The molecule has 0 radical (unpaired) electrons. The number of furan rings is 1. The summed E-state index contributed by atoms with van der Waals surface area (Å²) in [5.74, 6) is -1.65. The average molecular weight is 233 g/mol. The van der Waals surface area contributed by atoms with Gasteiger partial charge in [0.15, 0.2) is 0 Å². The Bertz CT molecular complexity index is 459. The molecule has 1 heterocycles. The molecule has 0 atom stereocenters. The molecule has 2 N–H and O–H groups in total. The SMILES string of the molecule is CC(C)S(=O)(=O)Nc1ccc(C(=O)O)o1. The summed E-state index contributed by atoms with van der Waals surface area (Å²) in [6.07, 6.45) is 0. The Morgan fingerprint density at radius 1 is 1.47 bits per heavy atom. The summed E-state index contributed by atoms with van der Waals surface area (Å²) in [5.41, 5.74) is 0. The van der Waals surface area contributed by atoms with Crippen LogP contribution in [-0.2, 0) is 10.0 Å². The minimum atomic E-state index is -3.50. The van der Waals surface area contributed by atoms with Crippen LogP contribution in [-0.4, -0.2) is 24.7 Å². The molecule has 1 aromatic heterocycles. The van der Waals surface area contributed by atoms with Gasteiger partial charge < -0.3 is 9.52 Å². The van der Waals surface area contributed by atoms with Crippen molar-refractivity contribution in [2.45, 2.75) is 19.1 Å². The van der Waals surface area contributed by atoms with Crippen LogP contribution in [0.5, 0.6) is 0 Å². The molecule has 0 aromatic carbocycles. The third-order valence-corrected chi connectivity index (χ3v) is 3.41. The van der Waals surface area contributed by atoms with Crippen LogP contribution in [0.2, 0.25) is 0 Å². The molecular formula is C8H11NO5S. The summed E-state index contributed by atoms with van der Waals surface area (Å²) in [6.45, 7) is 3.01. The van der Waals surface area contributed by atoms with E-state index in [0.717, 1.165) is 0 Å². The first-order valence-corrected chi connectivity index (χ1v) is 5.72. The Morgan fingerprint density at radius 3 is 2.47 bits per heavy atom. The molecule has 0 spiro atoms. The topological polar surface area (TPSA) is 96.6 Å². The molecule has 0 fully saturated rings. The number of rotatable bonds is 4.